The number of anilines is 3. The van der Waals surface area contributed by atoms with Gasteiger partial charge in [-0.3, -0.25) is 19.0 Å². The summed E-state index contributed by atoms with van der Waals surface area (Å²) in [6.07, 6.45) is 8.58. The molecule has 1 atom stereocenters. The van der Waals surface area contributed by atoms with Crippen LogP contribution < -0.4 is 20.9 Å². The predicted molar refractivity (Wildman–Crippen MR) is 136 cm³/mol. The molecule has 1 aromatic carbocycles. The summed E-state index contributed by atoms with van der Waals surface area (Å²) in [5.41, 5.74) is 1.72. The average molecular weight is 483 g/mol. The highest BCUT2D eigenvalue weighted by Crippen LogP contribution is 2.25. The van der Waals surface area contributed by atoms with Crippen molar-refractivity contribution in [2.24, 2.45) is 7.05 Å². The highest BCUT2D eigenvalue weighted by Gasteiger charge is 2.16. The van der Waals surface area contributed by atoms with Gasteiger partial charge in [0.2, 0.25) is 5.95 Å². The van der Waals surface area contributed by atoms with Gasteiger partial charge < -0.3 is 20.5 Å². The van der Waals surface area contributed by atoms with Gasteiger partial charge in [0, 0.05) is 36.7 Å². The van der Waals surface area contributed by atoms with Crippen molar-refractivity contribution in [1.29, 1.82) is 0 Å². The number of fused-ring (bicyclic) bond motifs is 1. The molecule has 4 heterocycles. The first-order chi connectivity index (χ1) is 17.5. The van der Waals surface area contributed by atoms with Crippen LogP contribution in [0.25, 0.3) is 16.7 Å². The van der Waals surface area contributed by atoms with Crippen LogP contribution in [-0.4, -0.2) is 40.6 Å². The number of aliphatic hydroxyl groups is 1. The van der Waals surface area contributed by atoms with Crippen LogP contribution in [0.4, 0.5) is 17.3 Å². The molecule has 3 N–H and O–H groups in total. The molecule has 11 nitrogen and oxygen atoms in total. The van der Waals surface area contributed by atoms with E-state index in [4.69, 9.17) is 4.74 Å². The molecule has 0 bridgehead atoms. The molecule has 0 spiro atoms. The van der Waals surface area contributed by atoms with Crippen LogP contribution in [0, 0.1) is 0 Å². The summed E-state index contributed by atoms with van der Waals surface area (Å²) in [5, 5.41) is 20.6. The molecule has 0 fully saturated rings. The van der Waals surface area contributed by atoms with Crippen molar-refractivity contribution in [2.45, 2.75) is 6.23 Å². The molecular formula is C25H22N8O3. The van der Waals surface area contributed by atoms with Gasteiger partial charge in [-0.1, -0.05) is 12.6 Å². The molecule has 11 heteroatoms. The Morgan fingerprint density at radius 1 is 1.14 bits per heavy atom. The number of nitrogens with one attached hydrogen (secondary N) is 2. The number of aryl methyl sites for hydroxylation is 1. The lowest BCUT2D eigenvalue weighted by atomic mass is 10.2. The highest BCUT2D eigenvalue weighted by molar-refractivity contribution is 5.79. The molecule has 5 rings (SSSR count). The molecule has 0 saturated carbocycles. The van der Waals surface area contributed by atoms with Gasteiger partial charge in [0.15, 0.2) is 11.4 Å². The van der Waals surface area contributed by atoms with Gasteiger partial charge >= 0.3 is 0 Å². The van der Waals surface area contributed by atoms with E-state index in [2.05, 4.69) is 37.3 Å². The third kappa shape index (κ3) is 4.76. The van der Waals surface area contributed by atoms with Crippen molar-refractivity contribution in [3.05, 3.63) is 96.5 Å². The topological polar surface area (TPSA) is 132 Å². The van der Waals surface area contributed by atoms with Crippen LogP contribution in [0.5, 0.6) is 11.5 Å². The summed E-state index contributed by atoms with van der Waals surface area (Å²) in [4.78, 5) is 26.7. The van der Waals surface area contributed by atoms with Crippen LogP contribution in [0.3, 0.4) is 0 Å². The van der Waals surface area contributed by atoms with Gasteiger partial charge in [0.25, 0.3) is 5.56 Å². The van der Waals surface area contributed by atoms with E-state index in [0.29, 0.717) is 39.8 Å². The van der Waals surface area contributed by atoms with Crippen LogP contribution in [0.1, 0.15) is 0 Å². The number of hydrogen-bond acceptors (Lipinski definition) is 9. The minimum absolute atomic E-state index is 0.0801. The lowest BCUT2D eigenvalue weighted by Crippen LogP contribution is -2.22. The Morgan fingerprint density at radius 3 is 2.78 bits per heavy atom. The first-order valence-corrected chi connectivity index (χ1v) is 10.9. The lowest BCUT2D eigenvalue weighted by molar-refractivity contribution is 0.253. The third-order valence-corrected chi connectivity index (χ3v) is 5.17. The Morgan fingerprint density at radius 2 is 2.03 bits per heavy atom. The number of pyridine rings is 2. The summed E-state index contributed by atoms with van der Waals surface area (Å²) in [5.74, 6) is 0.790. The molecule has 0 saturated heterocycles. The second-order valence-electron chi connectivity index (χ2n) is 7.82. The number of benzene rings is 1. The molecule has 5 aromatic rings. The molecule has 0 radical (unpaired) electrons. The Kier molecular flexibility index (Phi) is 6.12. The first-order valence-electron chi connectivity index (χ1n) is 10.9. The number of aromatic nitrogens is 6. The molecule has 180 valence electrons. The van der Waals surface area contributed by atoms with Gasteiger partial charge in [-0.05, 0) is 42.5 Å². The van der Waals surface area contributed by atoms with Crippen LogP contribution >= 0.6 is 0 Å². The Balaban J connectivity index is 1.66. The minimum atomic E-state index is -0.952. The zero-order valence-electron chi connectivity index (χ0n) is 19.2. The van der Waals surface area contributed by atoms with Crippen LogP contribution in [0.15, 0.2) is 90.9 Å². The monoisotopic (exact) mass is 482 g/mol. The Labute approximate surface area is 205 Å². The maximum atomic E-state index is 13.7. The number of ether oxygens (including phenoxy) is 1. The van der Waals surface area contributed by atoms with Gasteiger partial charge in [-0.2, -0.15) is 10.1 Å². The van der Waals surface area contributed by atoms with Gasteiger partial charge in [-0.15, -0.1) is 0 Å². The molecule has 0 aliphatic rings. The van der Waals surface area contributed by atoms with E-state index in [1.807, 2.05) is 0 Å². The van der Waals surface area contributed by atoms with Crippen molar-refractivity contribution < 1.29 is 9.84 Å². The standard InChI is InChI=1S/C25H22N8O3/c1-3-22(34)29-17-6-4-7-19(11-17)33-23-16(10-21(24(33)35)36-20-8-5-9-26-14-20)12-27-25(31-23)30-18-13-28-32(2)15-18/h3-15,22,29,34H,1H2,2H3,(H,27,30,31). The lowest BCUT2D eigenvalue weighted by Gasteiger charge is -2.15. The van der Waals surface area contributed by atoms with Crippen LogP contribution in [-0.2, 0) is 7.05 Å². The minimum Gasteiger partial charge on any atom is -0.450 e. The van der Waals surface area contributed by atoms with E-state index < -0.39 is 11.8 Å². The molecule has 0 amide bonds. The molecule has 36 heavy (non-hydrogen) atoms. The highest BCUT2D eigenvalue weighted by atomic mass is 16.5. The van der Waals surface area contributed by atoms with Gasteiger partial charge in [0.1, 0.15) is 12.0 Å². The van der Waals surface area contributed by atoms with Crippen LogP contribution in [0.2, 0.25) is 0 Å². The van der Waals surface area contributed by atoms with E-state index in [-0.39, 0.29) is 5.75 Å². The average Bonchev–Trinajstić information content (AvgIpc) is 3.29. The third-order valence-electron chi connectivity index (χ3n) is 5.17. The molecule has 4 aromatic heterocycles. The zero-order chi connectivity index (χ0) is 25.1. The summed E-state index contributed by atoms with van der Waals surface area (Å²) in [7, 11) is 1.80. The number of nitrogens with zero attached hydrogens (tertiary/aromatic N) is 6. The second-order valence-corrected chi connectivity index (χ2v) is 7.82. The van der Waals surface area contributed by atoms with Crippen molar-refractivity contribution in [2.75, 3.05) is 10.6 Å². The smallest absolute Gasteiger partial charge is 0.299 e. The second kappa shape index (κ2) is 9.68. The summed E-state index contributed by atoms with van der Waals surface area (Å²) in [6, 6.07) is 12.0. The van der Waals surface area contributed by atoms with E-state index in [9.17, 15) is 9.90 Å². The quantitative estimate of drug-likeness (QED) is 0.225. The SMILES string of the molecule is C=CC(O)Nc1cccc(-n2c(=O)c(Oc3cccnc3)cc3cnc(Nc4cnn(C)c4)nc32)c1. The summed E-state index contributed by atoms with van der Waals surface area (Å²) in [6.45, 7) is 3.57. The van der Waals surface area contributed by atoms with Crippen molar-refractivity contribution in [1.82, 2.24) is 29.3 Å². The number of aliphatic hydroxyl groups excluding tert-OH is 1. The number of hydrogen-bond donors (Lipinski definition) is 3. The van der Waals surface area contributed by atoms with E-state index >= 15 is 0 Å². The predicted octanol–water partition coefficient (Wildman–Crippen LogP) is 3.36. The number of rotatable bonds is 8. The van der Waals surface area contributed by atoms with Gasteiger partial charge in [0.05, 0.1) is 23.8 Å². The fourth-order valence-corrected chi connectivity index (χ4v) is 3.56. The van der Waals surface area contributed by atoms with Gasteiger partial charge in [-0.25, -0.2) is 4.98 Å². The summed E-state index contributed by atoms with van der Waals surface area (Å²) >= 11 is 0. The van der Waals surface area contributed by atoms with E-state index in [1.165, 1.54) is 16.8 Å². The molecule has 0 aliphatic carbocycles. The van der Waals surface area contributed by atoms with Crippen molar-refractivity contribution in [3.8, 4) is 17.2 Å². The fourth-order valence-electron chi connectivity index (χ4n) is 3.56. The van der Waals surface area contributed by atoms with E-state index in [1.54, 1.807) is 79.0 Å². The largest absolute Gasteiger partial charge is 0.450 e. The van der Waals surface area contributed by atoms with Crippen molar-refractivity contribution in [3.63, 3.8) is 0 Å². The van der Waals surface area contributed by atoms with Crippen molar-refractivity contribution >= 4 is 28.4 Å². The zero-order valence-corrected chi connectivity index (χ0v) is 19.2. The Bertz CT molecular complexity index is 1600. The molecule has 0 aliphatic heterocycles. The Hall–Kier alpha value is -5.03. The normalized spacial score (nSPS) is 11.7. The maximum absolute atomic E-state index is 13.7. The molecule has 1 unspecified atom stereocenters. The fraction of sp³-hybridized carbons (Fsp3) is 0.0800. The summed E-state index contributed by atoms with van der Waals surface area (Å²) < 4.78 is 8.96. The first kappa shape index (κ1) is 22.7. The van der Waals surface area contributed by atoms with E-state index in [0.717, 1.165) is 0 Å². The molecular weight excluding hydrogens is 460 g/mol. The maximum Gasteiger partial charge on any atom is 0.299 e.